The van der Waals surface area contributed by atoms with Gasteiger partial charge in [0.2, 0.25) is 11.8 Å². The first-order valence-corrected chi connectivity index (χ1v) is 8.92. The number of nitrogens with one attached hydrogen (secondary N) is 2. The number of nitrogens with zero attached hydrogens (tertiary/aromatic N) is 1. The van der Waals surface area contributed by atoms with Gasteiger partial charge in [-0.1, -0.05) is 13.8 Å². The van der Waals surface area contributed by atoms with Gasteiger partial charge in [0.05, 0.1) is 18.4 Å². The molecule has 2 aliphatic rings. The van der Waals surface area contributed by atoms with Crippen LogP contribution in [0.1, 0.15) is 40.0 Å². The van der Waals surface area contributed by atoms with E-state index in [-0.39, 0.29) is 35.8 Å². The van der Waals surface area contributed by atoms with Crippen molar-refractivity contribution in [2.45, 2.75) is 46.1 Å². The van der Waals surface area contributed by atoms with Crippen LogP contribution in [0.25, 0.3) is 0 Å². The molecule has 0 aromatic heterocycles. The lowest BCUT2D eigenvalue weighted by atomic mass is 10.1. The van der Waals surface area contributed by atoms with E-state index in [1.165, 1.54) is 0 Å². The Morgan fingerprint density at radius 3 is 2.33 bits per heavy atom. The second kappa shape index (κ2) is 8.35. The van der Waals surface area contributed by atoms with Gasteiger partial charge in [-0.25, -0.2) is 4.79 Å². The minimum Gasteiger partial charge on any atom is -0.450 e. The van der Waals surface area contributed by atoms with Crippen molar-refractivity contribution < 1.29 is 19.1 Å². The quantitative estimate of drug-likeness (QED) is 0.759. The third kappa shape index (κ3) is 5.11. The summed E-state index contributed by atoms with van der Waals surface area (Å²) in [4.78, 5) is 37.5. The van der Waals surface area contributed by atoms with Crippen molar-refractivity contribution in [3.8, 4) is 0 Å². The maximum absolute atomic E-state index is 12.2. The van der Waals surface area contributed by atoms with E-state index in [1.54, 1.807) is 11.8 Å². The number of hydrogen-bond donors (Lipinski definition) is 2. The third-order valence-electron chi connectivity index (χ3n) is 4.52. The second-order valence-electron chi connectivity index (χ2n) is 7.06. The molecule has 3 amide bonds. The van der Waals surface area contributed by atoms with Crippen LogP contribution in [0, 0.1) is 17.8 Å². The van der Waals surface area contributed by atoms with Gasteiger partial charge in [0.25, 0.3) is 0 Å². The molecule has 1 saturated carbocycles. The molecule has 0 radical (unpaired) electrons. The SMILES string of the molecule is CCOC(=O)N1CCC(NC(=O)C2CC2C(=O)NCC(C)C)CC1. The Morgan fingerprint density at radius 2 is 1.75 bits per heavy atom. The number of amides is 3. The Kier molecular flexibility index (Phi) is 6.45. The fourth-order valence-corrected chi connectivity index (χ4v) is 2.94. The van der Waals surface area contributed by atoms with Gasteiger partial charge in [0.1, 0.15) is 0 Å². The van der Waals surface area contributed by atoms with E-state index in [0.29, 0.717) is 38.6 Å². The van der Waals surface area contributed by atoms with Crippen LogP contribution in [0.3, 0.4) is 0 Å². The number of likely N-dealkylation sites (tertiary alicyclic amines) is 1. The van der Waals surface area contributed by atoms with Gasteiger partial charge in [-0.2, -0.15) is 0 Å². The number of ether oxygens (including phenoxy) is 1. The largest absolute Gasteiger partial charge is 0.450 e. The summed E-state index contributed by atoms with van der Waals surface area (Å²) in [6.07, 6.45) is 1.80. The van der Waals surface area contributed by atoms with Gasteiger partial charge in [-0.3, -0.25) is 9.59 Å². The molecule has 1 heterocycles. The molecule has 1 aliphatic heterocycles. The Morgan fingerprint density at radius 1 is 1.12 bits per heavy atom. The van der Waals surface area contributed by atoms with Crippen molar-refractivity contribution in [1.82, 2.24) is 15.5 Å². The monoisotopic (exact) mass is 339 g/mol. The van der Waals surface area contributed by atoms with Crippen LogP contribution in [0.5, 0.6) is 0 Å². The number of piperidine rings is 1. The molecule has 1 aliphatic carbocycles. The average Bonchev–Trinajstić information content (AvgIpc) is 3.34. The summed E-state index contributed by atoms with van der Waals surface area (Å²) in [7, 11) is 0. The van der Waals surface area contributed by atoms with Crippen LogP contribution >= 0.6 is 0 Å². The van der Waals surface area contributed by atoms with Gasteiger partial charge >= 0.3 is 6.09 Å². The lowest BCUT2D eigenvalue weighted by molar-refractivity contribution is -0.127. The predicted molar refractivity (Wildman–Crippen MR) is 89.2 cm³/mol. The maximum Gasteiger partial charge on any atom is 0.409 e. The minimum atomic E-state index is -0.286. The Balaban J connectivity index is 1.68. The van der Waals surface area contributed by atoms with Crippen molar-refractivity contribution in [3.05, 3.63) is 0 Å². The summed E-state index contributed by atoms with van der Waals surface area (Å²) >= 11 is 0. The molecule has 7 heteroatoms. The van der Waals surface area contributed by atoms with E-state index in [4.69, 9.17) is 4.74 Å². The summed E-state index contributed by atoms with van der Waals surface area (Å²) in [6, 6.07) is 0.0724. The van der Waals surface area contributed by atoms with Crippen LogP contribution in [-0.2, 0) is 14.3 Å². The molecule has 2 atom stereocenters. The standard InChI is InChI=1S/C17H29N3O4/c1-4-24-17(23)20-7-5-12(6-8-20)19-16(22)14-9-13(14)15(21)18-10-11(2)3/h11-14H,4-10H2,1-3H3,(H,18,21)(H,19,22). The summed E-state index contributed by atoms with van der Waals surface area (Å²) in [5.41, 5.74) is 0. The van der Waals surface area contributed by atoms with Gasteiger partial charge in [-0.05, 0) is 32.1 Å². The summed E-state index contributed by atoms with van der Waals surface area (Å²) in [5.74, 6) is -0.0107. The van der Waals surface area contributed by atoms with Gasteiger partial charge in [0.15, 0.2) is 0 Å². The van der Waals surface area contributed by atoms with Crippen molar-refractivity contribution in [2.75, 3.05) is 26.2 Å². The molecule has 1 saturated heterocycles. The minimum absolute atomic E-state index is 0.0130. The van der Waals surface area contributed by atoms with Crippen LogP contribution in [0.15, 0.2) is 0 Å². The lowest BCUT2D eigenvalue weighted by Gasteiger charge is -2.31. The fourth-order valence-electron chi connectivity index (χ4n) is 2.94. The molecule has 0 bridgehead atoms. The second-order valence-corrected chi connectivity index (χ2v) is 7.06. The number of hydrogen-bond acceptors (Lipinski definition) is 4. The molecular formula is C17H29N3O4. The molecule has 2 N–H and O–H groups in total. The van der Waals surface area contributed by atoms with E-state index in [0.717, 1.165) is 12.8 Å². The predicted octanol–water partition coefficient (Wildman–Crippen LogP) is 1.13. The Labute approximate surface area is 143 Å². The number of carbonyl (C=O) groups is 3. The molecule has 2 unspecified atom stereocenters. The number of rotatable bonds is 6. The molecule has 136 valence electrons. The molecule has 2 rings (SSSR count). The van der Waals surface area contributed by atoms with Crippen molar-refractivity contribution in [3.63, 3.8) is 0 Å². The zero-order valence-electron chi connectivity index (χ0n) is 14.8. The van der Waals surface area contributed by atoms with Crippen molar-refractivity contribution in [1.29, 1.82) is 0 Å². The molecule has 2 fully saturated rings. The summed E-state index contributed by atoms with van der Waals surface area (Å²) in [6.45, 7) is 8.07. The maximum atomic E-state index is 12.2. The third-order valence-corrected chi connectivity index (χ3v) is 4.52. The highest BCUT2D eigenvalue weighted by Crippen LogP contribution is 2.39. The Hall–Kier alpha value is -1.79. The van der Waals surface area contributed by atoms with Gasteiger partial charge < -0.3 is 20.3 Å². The highest BCUT2D eigenvalue weighted by Gasteiger charge is 2.48. The van der Waals surface area contributed by atoms with Crippen LogP contribution < -0.4 is 10.6 Å². The zero-order valence-corrected chi connectivity index (χ0v) is 14.8. The fraction of sp³-hybridized carbons (Fsp3) is 0.824. The van der Waals surface area contributed by atoms with E-state index in [1.807, 2.05) is 13.8 Å². The highest BCUT2D eigenvalue weighted by molar-refractivity contribution is 5.92. The van der Waals surface area contributed by atoms with E-state index >= 15 is 0 Å². The molecule has 0 aromatic rings. The average molecular weight is 339 g/mol. The molecule has 0 aromatic carbocycles. The normalized spacial score (nSPS) is 23.8. The first-order chi connectivity index (χ1) is 11.4. The summed E-state index contributed by atoms with van der Waals surface area (Å²) < 4.78 is 4.98. The summed E-state index contributed by atoms with van der Waals surface area (Å²) in [5, 5.41) is 5.91. The highest BCUT2D eigenvalue weighted by atomic mass is 16.6. The first-order valence-electron chi connectivity index (χ1n) is 8.92. The van der Waals surface area contributed by atoms with E-state index in [9.17, 15) is 14.4 Å². The molecule has 24 heavy (non-hydrogen) atoms. The van der Waals surface area contributed by atoms with Crippen LogP contribution in [0.4, 0.5) is 4.79 Å². The first kappa shape index (κ1) is 18.5. The lowest BCUT2D eigenvalue weighted by Crippen LogP contribution is -2.47. The smallest absolute Gasteiger partial charge is 0.409 e. The number of carbonyl (C=O) groups excluding carboxylic acids is 3. The van der Waals surface area contributed by atoms with E-state index in [2.05, 4.69) is 10.6 Å². The van der Waals surface area contributed by atoms with Gasteiger partial charge in [-0.15, -0.1) is 0 Å². The topological polar surface area (TPSA) is 87.7 Å². The van der Waals surface area contributed by atoms with E-state index < -0.39 is 0 Å². The van der Waals surface area contributed by atoms with Crippen LogP contribution in [0.2, 0.25) is 0 Å². The Bertz CT molecular complexity index is 472. The molecule has 0 spiro atoms. The zero-order chi connectivity index (χ0) is 17.7. The molecule has 7 nitrogen and oxygen atoms in total. The van der Waals surface area contributed by atoms with Crippen molar-refractivity contribution >= 4 is 17.9 Å². The van der Waals surface area contributed by atoms with Crippen LogP contribution in [-0.4, -0.2) is 55.1 Å². The van der Waals surface area contributed by atoms with Gasteiger partial charge in [0, 0.05) is 25.7 Å². The van der Waals surface area contributed by atoms with Crippen molar-refractivity contribution in [2.24, 2.45) is 17.8 Å². The molecular weight excluding hydrogens is 310 g/mol.